The number of nitrogens with zero attached hydrogens (tertiary/aromatic N) is 2. The van der Waals surface area contributed by atoms with Gasteiger partial charge in [-0.15, -0.1) is 0 Å². The minimum Gasteiger partial charge on any atom is -0.481 e. The van der Waals surface area contributed by atoms with Crippen LogP contribution in [0.5, 0.6) is 0 Å². The van der Waals surface area contributed by atoms with Gasteiger partial charge in [0, 0.05) is 28.2 Å². The molecule has 2 aromatic carbocycles. The first kappa shape index (κ1) is 22.8. The van der Waals surface area contributed by atoms with Crippen molar-refractivity contribution in [2.24, 2.45) is 0 Å². The number of rotatable bonds is 9. The van der Waals surface area contributed by atoms with Crippen LogP contribution in [0.1, 0.15) is 30.0 Å². The lowest BCUT2D eigenvalue weighted by Crippen LogP contribution is -2.09. The number of aliphatic carboxylic acids is 1. The monoisotopic (exact) mass is 489 g/mol. The van der Waals surface area contributed by atoms with Gasteiger partial charge in [0.15, 0.2) is 0 Å². The molecule has 3 rings (SSSR count). The summed E-state index contributed by atoms with van der Waals surface area (Å²) in [6.07, 6.45) is 3.24. The highest BCUT2D eigenvalue weighted by Crippen LogP contribution is 2.24. The highest BCUT2D eigenvalue weighted by atomic mass is 79.9. The molecular formula is C23H22BrF2N3O2. The van der Waals surface area contributed by atoms with Crippen molar-refractivity contribution in [1.82, 2.24) is 9.97 Å². The summed E-state index contributed by atoms with van der Waals surface area (Å²) in [5.41, 5.74) is 3.33. The van der Waals surface area contributed by atoms with Crippen molar-refractivity contribution in [2.75, 3.05) is 11.9 Å². The fourth-order valence-electron chi connectivity index (χ4n) is 3.36. The van der Waals surface area contributed by atoms with E-state index in [0.717, 1.165) is 29.5 Å². The third kappa shape index (κ3) is 6.07. The second-order valence-electron chi connectivity index (χ2n) is 7.12. The number of aryl methyl sites for hydroxylation is 1. The van der Waals surface area contributed by atoms with Crippen LogP contribution in [0.25, 0.3) is 11.3 Å². The molecule has 1 aromatic heterocycles. The van der Waals surface area contributed by atoms with Crippen molar-refractivity contribution in [2.45, 2.75) is 32.6 Å². The predicted molar refractivity (Wildman–Crippen MR) is 119 cm³/mol. The molecule has 0 atom stereocenters. The normalized spacial score (nSPS) is 10.8. The van der Waals surface area contributed by atoms with E-state index in [9.17, 15) is 13.6 Å². The quantitative estimate of drug-likeness (QED) is 0.419. The van der Waals surface area contributed by atoms with Crippen LogP contribution in [0, 0.1) is 11.6 Å². The second-order valence-corrected chi connectivity index (χ2v) is 8.03. The molecule has 0 saturated carbocycles. The molecule has 8 heteroatoms. The average molecular weight is 490 g/mol. The summed E-state index contributed by atoms with van der Waals surface area (Å²) >= 11 is 3.07. The zero-order valence-corrected chi connectivity index (χ0v) is 18.5. The first-order chi connectivity index (χ1) is 14.9. The van der Waals surface area contributed by atoms with Gasteiger partial charge < -0.3 is 10.4 Å². The Morgan fingerprint density at radius 3 is 2.48 bits per heavy atom. The Hall–Kier alpha value is -2.87. The first-order valence-electron chi connectivity index (χ1n) is 9.90. The maximum Gasteiger partial charge on any atom is 0.307 e. The van der Waals surface area contributed by atoms with Crippen LogP contribution in [0.4, 0.5) is 14.6 Å². The largest absolute Gasteiger partial charge is 0.481 e. The topological polar surface area (TPSA) is 75.1 Å². The van der Waals surface area contributed by atoms with E-state index in [1.165, 1.54) is 18.5 Å². The van der Waals surface area contributed by atoms with Crippen LogP contribution < -0.4 is 5.32 Å². The number of carboxylic acid groups (broad SMARTS) is 1. The van der Waals surface area contributed by atoms with Gasteiger partial charge in [-0.25, -0.2) is 18.7 Å². The van der Waals surface area contributed by atoms with Crippen LogP contribution in [-0.4, -0.2) is 27.6 Å². The first-order valence-corrected chi connectivity index (χ1v) is 10.7. The number of halogens is 3. The van der Waals surface area contributed by atoms with Gasteiger partial charge in [0.05, 0.1) is 12.1 Å². The van der Waals surface area contributed by atoms with Crippen LogP contribution in [0.3, 0.4) is 0 Å². The summed E-state index contributed by atoms with van der Waals surface area (Å²) in [5, 5.41) is 12.2. The molecule has 31 heavy (non-hydrogen) atoms. The molecule has 0 saturated heterocycles. The van der Waals surface area contributed by atoms with Crippen LogP contribution in [-0.2, 0) is 24.1 Å². The number of nitrogens with one attached hydrogen (secondary N) is 1. The van der Waals surface area contributed by atoms with E-state index < -0.39 is 17.6 Å². The molecule has 0 bridgehead atoms. The van der Waals surface area contributed by atoms with Crippen molar-refractivity contribution in [3.63, 3.8) is 0 Å². The summed E-state index contributed by atoms with van der Waals surface area (Å²) in [5.74, 6) is -1.52. The van der Waals surface area contributed by atoms with Crippen LogP contribution >= 0.6 is 15.9 Å². The predicted octanol–water partition coefficient (Wildman–Crippen LogP) is 5.42. The van der Waals surface area contributed by atoms with E-state index >= 15 is 0 Å². The Bertz CT molecular complexity index is 1070. The van der Waals surface area contributed by atoms with Gasteiger partial charge in [-0.2, -0.15) is 0 Å². The summed E-state index contributed by atoms with van der Waals surface area (Å²) in [4.78, 5) is 19.6. The Morgan fingerprint density at radius 1 is 1.06 bits per heavy atom. The van der Waals surface area contributed by atoms with Crippen molar-refractivity contribution in [3.05, 3.63) is 75.5 Å². The molecule has 0 amide bonds. The molecular weight excluding hydrogens is 468 g/mol. The van der Waals surface area contributed by atoms with E-state index in [4.69, 9.17) is 5.11 Å². The standard InChI is InChI=1S/C23H22BrF2N3O2/c1-2-3-14-8-16(5-4-15(14)9-23(30)31)21-12-22(29-13-28-21)27-7-6-18-19(25)10-17(24)11-20(18)26/h4-5,8,10-13H,2-3,6-7,9H2,1H3,(H,30,31)(H,27,28,29). The highest BCUT2D eigenvalue weighted by molar-refractivity contribution is 9.10. The van der Waals surface area contributed by atoms with Crippen molar-refractivity contribution < 1.29 is 18.7 Å². The number of hydrogen-bond acceptors (Lipinski definition) is 4. The van der Waals surface area contributed by atoms with E-state index in [2.05, 4.69) is 31.2 Å². The molecule has 0 unspecified atom stereocenters. The zero-order valence-electron chi connectivity index (χ0n) is 17.0. The van der Waals surface area contributed by atoms with E-state index in [1.807, 2.05) is 25.1 Å². The number of anilines is 1. The van der Waals surface area contributed by atoms with Gasteiger partial charge in [-0.1, -0.05) is 41.4 Å². The molecule has 1 heterocycles. The number of carboxylic acids is 1. The van der Waals surface area contributed by atoms with Crippen molar-refractivity contribution in [3.8, 4) is 11.3 Å². The van der Waals surface area contributed by atoms with Gasteiger partial charge in [-0.05, 0) is 42.2 Å². The molecule has 0 spiro atoms. The van der Waals surface area contributed by atoms with E-state index in [-0.39, 0.29) is 18.4 Å². The number of hydrogen-bond donors (Lipinski definition) is 2. The third-order valence-electron chi connectivity index (χ3n) is 4.82. The van der Waals surface area contributed by atoms with Crippen LogP contribution in [0.2, 0.25) is 0 Å². The summed E-state index contributed by atoms with van der Waals surface area (Å²) in [6, 6.07) is 9.86. The molecule has 2 N–H and O–H groups in total. The maximum absolute atomic E-state index is 14.0. The summed E-state index contributed by atoms with van der Waals surface area (Å²) < 4.78 is 28.3. The summed E-state index contributed by atoms with van der Waals surface area (Å²) in [7, 11) is 0. The Labute approximate surface area is 187 Å². The molecule has 0 aliphatic carbocycles. The Balaban J connectivity index is 1.74. The molecule has 0 aliphatic rings. The second kappa shape index (κ2) is 10.4. The van der Waals surface area contributed by atoms with Crippen LogP contribution in [0.15, 0.2) is 47.2 Å². The molecule has 3 aromatic rings. The smallest absolute Gasteiger partial charge is 0.307 e. The van der Waals surface area contributed by atoms with E-state index in [1.54, 1.807) is 6.07 Å². The lowest BCUT2D eigenvalue weighted by molar-refractivity contribution is -0.136. The Kier molecular flexibility index (Phi) is 7.68. The van der Waals surface area contributed by atoms with Gasteiger partial charge in [-0.3, -0.25) is 4.79 Å². The van der Waals surface area contributed by atoms with Gasteiger partial charge in [0.1, 0.15) is 23.8 Å². The maximum atomic E-state index is 14.0. The fraction of sp³-hybridized carbons (Fsp3) is 0.261. The van der Waals surface area contributed by atoms with Gasteiger partial charge in [0.2, 0.25) is 0 Å². The van der Waals surface area contributed by atoms with Gasteiger partial charge >= 0.3 is 5.97 Å². The van der Waals surface area contributed by atoms with Crippen molar-refractivity contribution in [1.29, 1.82) is 0 Å². The zero-order chi connectivity index (χ0) is 22.4. The minimum absolute atomic E-state index is 0.0169. The SMILES string of the molecule is CCCc1cc(-c2cc(NCCc3c(F)cc(Br)cc3F)ncn2)ccc1CC(=O)O. The lowest BCUT2D eigenvalue weighted by atomic mass is 9.97. The number of aromatic nitrogens is 2. The van der Waals surface area contributed by atoms with E-state index in [0.29, 0.717) is 22.5 Å². The molecule has 0 aliphatic heterocycles. The lowest BCUT2D eigenvalue weighted by Gasteiger charge is -2.11. The molecule has 162 valence electrons. The highest BCUT2D eigenvalue weighted by Gasteiger charge is 2.12. The molecule has 0 radical (unpaired) electrons. The Morgan fingerprint density at radius 2 is 1.81 bits per heavy atom. The number of benzene rings is 2. The third-order valence-corrected chi connectivity index (χ3v) is 5.27. The number of carbonyl (C=O) groups is 1. The molecule has 5 nitrogen and oxygen atoms in total. The summed E-state index contributed by atoms with van der Waals surface area (Å²) in [6.45, 7) is 2.34. The van der Waals surface area contributed by atoms with Crippen molar-refractivity contribution >= 4 is 27.7 Å². The molecule has 0 fully saturated rings. The average Bonchev–Trinajstić information content (AvgIpc) is 2.71. The fourth-order valence-corrected chi connectivity index (χ4v) is 3.76. The van der Waals surface area contributed by atoms with Gasteiger partial charge in [0.25, 0.3) is 0 Å². The minimum atomic E-state index is -0.864.